The number of rotatable bonds is 3. The molecule has 2 rings (SSSR count). The van der Waals surface area contributed by atoms with Gasteiger partial charge >= 0.3 is 0 Å². The molecule has 0 bridgehead atoms. The zero-order valence-corrected chi connectivity index (χ0v) is 10.6. The third-order valence-electron chi connectivity index (χ3n) is 2.21. The summed E-state index contributed by atoms with van der Waals surface area (Å²) < 4.78 is 1.95. The molecule has 2 heterocycles. The van der Waals surface area contributed by atoms with Gasteiger partial charge in [-0.1, -0.05) is 23.2 Å². The van der Waals surface area contributed by atoms with Gasteiger partial charge in [-0.05, 0) is 12.1 Å². The van der Waals surface area contributed by atoms with Crippen molar-refractivity contribution in [1.29, 1.82) is 0 Å². The van der Waals surface area contributed by atoms with Crippen molar-refractivity contribution in [3.63, 3.8) is 0 Å². The zero-order valence-electron chi connectivity index (χ0n) is 9.06. The van der Waals surface area contributed by atoms with E-state index in [1.165, 1.54) is 12.4 Å². The van der Waals surface area contributed by atoms with Crippen molar-refractivity contribution < 1.29 is 0 Å². The maximum atomic E-state index is 5.93. The highest BCUT2D eigenvalue weighted by atomic mass is 35.5. The Labute approximate surface area is 109 Å². The summed E-state index contributed by atoms with van der Waals surface area (Å²) in [4.78, 5) is 3.86. The fraction of sp³-hybridized carbons (Fsp3) is 0.0909. The quantitative estimate of drug-likeness (QED) is 0.686. The van der Waals surface area contributed by atoms with E-state index in [0.717, 1.165) is 5.69 Å². The van der Waals surface area contributed by atoms with Crippen molar-refractivity contribution in [1.82, 2.24) is 9.55 Å². The van der Waals surface area contributed by atoms with Crippen LogP contribution in [-0.4, -0.2) is 15.8 Å². The Morgan fingerprint density at radius 1 is 1.35 bits per heavy atom. The van der Waals surface area contributed by atoms with Gasteiger partial charge in [0.05, 0.1) is 27.6 Å². The van der Waals surface area contributed by atoms with Crippen LogP contribution in [0, 0.1) is 0 Å². The van der Waals surface area contributed by atoms with Gasteiger partial charge in [0.1, 0.15) is 0 Å². The molecule has 0 aromatic carbocycles. The second-order valence-corrected chi connectivity index (χ2v) is 4.21. The highest BCUT2D eigenvalue weighted by Crippen LogP contribution is 2.28. The van der Waals surface area contributed by atoms with Gasteiger partial charge in [0, 0.05) is 25.6 Å². The lowest BCUT2D eigenvalue weighted by Crippen LogP contribution is -1.97. The van der Waals surface area contributed by atoms with Gasteiger partial charge in [-0.25, -0.2) is 0 Å². The van der Waals surface area contributed by atoms with E-state index in [4.69, 9.17) is 23.2 Å². The average Bonchev–Trinajstić information content (AvgIpc) is 2.69. The van der Waals surface area contributed by atoms with Crippen molar-refractivity contribution in [3.05, 3.63) is 46.5 Å². The summed E-state index contributed by atoms with van der Waals surface area (Å²) in [6.07, 6.45) is 6.64. The van der Waals surface area contributed by atoms with Crippen LogP contribution in [0.5, 0.6) is 0 Å². The van der Waals surface area contributed by atoms with E-state index in [9.17, 15) is 0 Å². The van der Waals surface area contributed by atoms with Crippen molar-refractivity contribution in [2.24, 2.45) is 12.1 Å². The number of anilines is 1. The van der Waals surface area contributed by atoms with Crippen LogP contribution in [0.2, 0.25) is 10.0 Å². The highest BCUT2D eigenvalue weighted by molar-refractivity contribution is 6.38. The summed E-state index contributed by atoms with van der Waals surface area (Å²) in [5, 5.41) is 4.94. The van der Waals surface area contributed by atoms with Gasteiger partial charge in [-0.3, -0.25) is 10.4 Å². The predicted molar refractivity (Wildman–Crippen MR) is 70.9 cm³/mol. The minimum atomic E-state index is 0.432. The maximum absolute atomic E-state index is 5.93. The van der Waals surface area contributed by atoms with E-state index in [0.29, 0.717) is 15.7 Å². The fourth-order valence-corrected chi connectivity index (χ4v) is 1.74. The zero-order chi connectivity index (χ0) is 12.3. The summed E-state index contributed by atoms with van der Waals surface area (Å²) in [6.45, 7) is 0. The smallest absolute Gasteiger partial charge is 0.0965 e. The molecule has 0 aliphatic rings. The summed E-state index contributed by atoms with van der Waals surface area (Å²) in [7, 11) is 1.94. The Kier molecular flexibility index (Phi) is 3.66. The molecule has 2 aromatic rings. The monoisotopic (exact) mass is 268 g/mol. The largest absolute Gasteiger partial charge is 0.350 e. The van der Waals surface area contributed by atoms with E-state index in [-0.39, 0.29) is 0 Å². The number of halogens is 2. The molecule has 17 heavy (non-hydrogen) atoms. The number of hydrogen-bond donors (Lipinski definition) is 1. The van der Waals surface area contributed by atoms with Crippen LogP contribution in [0.1, 0.15) is 5.69 Å². The molecule has 0 saturated carbocycles. The van der Waals surface area contributed by atoms with Gasteiger partial charge < -0.3 is 4.57 Å². The molecule has 2 aromatic heterocycles. The van der Waals surface area contributed by atoms with Crippen LogP contribution >= 0.6 is 23.2 Å². The first-order valence-corrected chi connectivity index (χ1v) is 5.63. The normalized spacial score (nSPS) is 11.0. The first-order valence-electron chi connectivity index (χ1n) is 4.88. The number of aryl methyl sites for hydroxylation is 1. The molecule has 0 radical (unpaired) electrons. The summed E-state index contributed by atoms with van der Waals surface area (Å²) in [5.74, 6) is 0. The molecule has 0 unspecified atom stereocenters. The van der Waals surface area contributed by atoms with Crippen molar-refractivity contribution >= 4 is 35.1 Å². The Hall–Kier alpha value is -1.52. The topological polar surface area (TPSA) is 42.2 Å². The van der Waals surface area contributed by atoms with Gasteiger partial charge in [-0.15, -0.1) is 0 Å². The van der Waals surface area contributed by atoms with Gasteiger partial charge in [0.25, 0.3) is 0 Å². The number of pyridine rings is 1. The van der Waals surface area contributed by atoms with Crippen LogP contribution in [0.15, 0.2) is 35.8 Å². The third-order valence-corrected chi connectivity index (χ3v) is 2.78. The summed E-state index contributed by atoms with van der Waals surface area (Å²) >= 11 is 11.9. The van der Waals surface area contributed by atoms with Crippen molar-refractivity contribution in [2.75, 3.05) is 5.43 Å². The van der Waals surface area contributed by atoms with Crippen molar-refractivity contribution in [3.8, 4) is 0 Å². The Bertz CT molecular complexity index is 528. The van der Waals surface area contributed by atoms with Crippen LogP contribution in [0.25, 0.3) is 0 Å². The van der Waals surface area contributed by atoms with Crippen molar-refractivity contribution in [2.45, 2.75) is 0 Å². The van der Waals surface area contributed by atoms with E-state index in [1.54, 1.807) is 6.21 Å². The number of aromatic nitrogens is 2. The number of nitrogens with zero attached hydrogens (tertiary/aromatic N) is 3. The van der Waals surface area contributed by atoms with E-state index >= 15 is 0 Å². The Morgan fingerprint density at radius 2 is 2.06 bits per heavy atom. The summed E-state index contributed by atoms with van der Waals surface area (Å²) in [6, 6.07) is 3.88. The number of nitrogens with one attached hydrogen (secondary N) is 1. The van der Waals surface area contributed by atoms with E-state index < -0.39 is 0 Å². The molecular weight excluding hydrogens is 259 g/mol. The molecule has 6 heteroatoms. The van der Waals surface area contributed by atoms with Gasteiger partial charge in [0.2, 0.25) is 0 Å². The van der Waals surface area contributed by atoms with Gasteiger partial charge in [-0.2, -0.15) is 5.10 Å². The molecule has 0 aliphatic heterocycles. The predicted octanol–water partition coefficient (Wildman–Crippen LogP) is 3.17. The van der Waals surface area contributed by atoms with Gasteiger partial charge in [0.15, 0.2) is 0 Å². The van der Waals surface area contributed by atoms with Crippen LogP contribution in [0.3, 0.4) is 0 Å². The van der Waals surface area contributed by atoms with Crippen LogP contribution in [0.4, 0.5) is 5.69 Å². The molecule has 4 nitrogen and oxygen atoms in total. The second kappa shape index (κ2) is 5.21. The summed E-state index contributed by atoms with van der Waals surface area (Å²) in [5.41, 5.74) is 4.32. The first kappa shape index (κ1) is 12.0. The number of hydrazone groups is 1. The number of hydrogen-bond acceptors (Lipinski definition) is 3. The van der Waals surface area contributed by atoms with Crippen LogP contribution in [-0.2, 0) is 7.05 Å². The maximum Gasteiger partial charge on any atom is 0.0965 e. The SMILES string of the molecule is Cn1cccc1C=NNc1c(Cl)cncc1Cl. The standard InChI is InChI=1S/C11H10Cl2N4/c1-17-4-2-3-8(17)5-15-16-11-9(12)6-14-7-10(11)13/h2-7H,1H3,(H,14,16). The van der Waals surface area contributed by atoms with E-state index in [2.05, 4.69) is 15.5 Å². The molecule has 1 N–H and O–H groups in total. The van der Waals surface area contributed by atoms with Crippen LogP contribution < -0.4 is 5.43 Å². The fourth-order valence-electron chi connectivity index (χ4n) is 1.29. The molecule has 0 aliphatic carbocycles. The Morgan fingerprint density at radius 3 is 2.65 bits per heavy atom. The minimum absolute atomic E-state index is 0.432. The minimum Gasteiger partial charge on any atom is -0.350 e. The van der Waals surface area contributed by atoms with E-state index in [1.807, 2.05) is 29.9 Å². The molecule has 0 saturated heterocycles. The lowest BCUT2D eigenvalue weighted by atomic mass is 10.4. The lowest BCUT2D eigenvalue weighted by molar-refractivity contribution is 0.918. The molecular formula is C11H10Cl2N4. The Balaban J connectivity index is 2.13. The lowest BCUT2D eigenvalue weighted by Gasteiger charge is -2.04. The average molecular weight is 269 g/mol. The second-order valence-electron chi connectivity index (χ2n) is 3.39. The first-order chi connectivity index (χ1) is 8.18. The highest BCUT2D eigenvalue weighted by Gasteiger charge is 2.04. The molecule has 0 amide bonds. The molecule has 0 fully saturated rings. The molecule has 0 atom stereocenters. The third kappa shape index (κ3) is 2.78. The molecule has 88 valence electrons. The molecule has 0 spiro atoms.